The molecule has 0 fully saturated rings. The predicted octanol–water partition coefficient (Wildman–Crippen LogP) is 3.89. The molecule has 4 nitrogen and oxygen atoms in total. The third-order valence-electron chi connectivity index (χ3n) is 3.68. The van der Waals surface area contributed by atoms with Crippen LogP contribution in [0.4, 0.5) is 0 Å². The molecule has 0 heterocycles. The molecular formula is C19H22O4. The van der Waals surface area contributed by atoms with E-state index in [-0.39, 0.29) is 0 Å². The van der Waals surface area contributed by atoms with E-state index in [2.05, 4.69) is 13.8 Å². The number of carbonyl (C=O) groups is 1. The summed E-state index contributed by atoms with van der Waals surface area (Å²) >= 11 is 0. The molecule has 0 spiro atoms. The first kappa shape index (κ1) is 16.9. The number of hydrogen-bond donors (Lipinski definition) is 1. The molecule has 23 heavy (non-hydrogen) atoms. The normalized spacial score (nSPS) is 12.0. The first-order valence-electron chi connectivity index (χ1n) is 7.62. The number of carboxylic acids is 1. The molecule has 0 aromatic heterocycles. The highest BCUT2D eigenvalue weighted by molar-refractivity contribution is 5.73. The molecule has 0 aliphatic rings. The van der Waals surface area contributed by atoms with Crippen LogP contribution >= 0.6 is 0 Å². The average Bonchev–Trinajstić information content (AvgIpc) is 2.55. The van der Waals surface area contributed by atoms with E-state index < -0.39 is 12.1 Å². The number of carboxylic acid groups (broad SMARTS) is 1. The summed E-state index contributed by atoms with van der Waals surface area (Å²) in [5.74, 6) is 0.406. The van der Waals surface area contributed by atoms with Crippen molar-refractivity contribution in [1.82, 2.24) is 0 Å². The van der Waals surface area contributed by atoms with Gasteiger partial charge >= 0.3 is 5.97 Å². The van der Waals surface area contributed by atoms with Gasteiger partial charge in [-0.1, -0.05) is 50.2 Å². The van der Waals surface area contributed by atoms with Gasteiger partial charge in [0.1, 0.15) is 0 Å². The lowest BCUT2D eigenvalue weighted by molar-refractivity contribution is -0.145. The zero-order valence-electron chi connectivity index (χ0n) is 13.7. The molecule has 0 unspecified atom stereocenters. The van der Waals surface area contributed by atoms with Gasteiger partial charge in [-0.3, -0.25) is 0 Å². The zero-order chi connectivity index (χ0) is 16.8. The van der Waals surface area contributed by atoms with Crippen molar-refractivity contribution in [2.24, 2.45) is 0 Å². The van der Waals surface area contributed by atoms with Gasteiger partial charge in [0.2, 0.25) is 0 Å². The van der Waals surface area contributed by atoms with Crippen molar-refractivity contribution in [2.45, 2.75) is 32.3 Å². The summed E-state index contributed by atoms with van der Waals surface area (Å²) < 4.78 is 10.9. The van der Waals surface area contributed by atoms with Gasteiger partial charge in [-0.15, -0.1) is 0 Å². The second kappa shape index (κ2) is 7.68. The van der Waals surface area contributed by atoms with Crippen LogP contribution in [0.5, 0.6) is 11.5 Å². The van der Waals surface area contributed by atoms with E-state index in [4.69, 9.17) is 9.47 Å². The van der Waals surface area contributed by atoms with Gasteiger partial charge in [-0.2, -0.15) is 0 Å². The Kier molecular flexibility index (Phi) is 5.63. The molecule has 1 N–H and O–H groups in total. The molecule has 0 saturated heterocycles. The highest BCUT2D eigenvalue weighted by atomic mass is 16.5. The Morgan fingerprint density at radius 1 is 1.04 bits per heavy atom. The average molecular weight is 314 g/mol. The summed E-state index contributed by atoms with van der Waals surface area (Å²) in [6, 6.07) is 15.0. The van der Waals surface area contributed by atoms with Gasteiger partial charge in [0, 0.05) is 6.42 Å². The lowest BCUT2D eigenvalue weighted by Gasteiger charge is -2.17. The first-order valence-corrected chi connectivity index (χ1v) is 7.62. The van der Waals surface area contributed by atoms with Gasteiger partial charge in [-0.25, -0.2) is 4.79 Å². The van der Waals surface area contributed by atoms with Crippen LogP contribution in [0, 0.1) is 0 Å². The maximum absolute atomic E-state index is 11.5. The van der Waals surface area contributed by atoms with Gasteiger partial charge in [0.25, 0.3) is 0 Å². The molecule has 4 heteroatoms. The topological polar surface area (TPSA) is 55.8 Å². The smallest absolute Gasteiger partial charge is 0.345 e. The molecule has 0 radical (unpaired) electrons. The van der Waals surface area contributed by atoms with Gasteiger partial charge in [0.15, 0.2) is 17.6 Å². The molecule has 0 bridgehead atoms. The lowest BCUT2D eigenvalue weighted by atomic mass is 10.00. The fourth-order valence-corrected chi connectivity index (χ4v) is 2.30. The second-order valence-electron chi connectivity index (χ2n) is 5.70. The second-order valence-corrected chi connectivity index (χ2v) is 5.70. The summed E-state index contributed by atoms with van der Waals surface area (Å²) in [6.45, 7) is 4.25. The van der Waals surface area contributed by atoms with Crippen LogP contribution in [0.15, 0.2) is 48.5 Å². The predicted molar refractivity (Wildman–Crippen MR) is 89.3 cm³/mol. The number of rotatable bonds is 7. The fourth-order valence-electron chi connectivity index (χ4n) is 2.30. The summed E-state index contributed by atoms with van der Waals surface area (Å²) in [4.78, 5) is 11.5. The highest BCUT2D eigenvalue weighted by Gasteiger charge is 2.21. The monoisotopic (exact) mass is 314 g/mol. The number of para-hydroxylation sites is 2. The minimum atomic E-state index is -0.996. The molecule has 2 rings (SSSR count). The lowest BCUT2D eigenvalue weighted by Crippen LogP contribution is -2.29. The maximum atomic E-state index is 11.5. The van der Waals surface area contributed by atoms with E-state index in [1.807, 2.05) is 30.3 Å². The van der Waals surface area contributed by atoms with Crippen LogP contribution in [-0.2, 0) is 11.2 Å². The van der Waals surface area contributed by atoms with Crippen molar-refractivity contribution in [1.29, 1.82) is 0 Å². The molecule has 2 aromatic rings. The quantitative estimate of drug-likeness (QED) is 0.842. The summed E-state index contributed by atoms with van der Waals surface area (Å²) in [7, 11) is 1.53. The van der Waals surface area contributed by atoms with Gasteiger partial charge < -0.3 is 14.6 Å². The molecule has 1 atom stereocenters. The number of hydrogen-bond acceptors (Lipinski definition) is 3. The minimum absolute atomic E-state index is 0.297. The third-order valence-corrected chi connectivity index (χ3v) is 3.68. The van der Waals surface area contributed by atoms with E-state index in [9.17, 15) is 9.90 Å². The van der Waals surface area contributed by atoms with Crippen molar-refractivity contribution >= 4 is 5.97 Å². The van der Waals surface area contributed by atoms with Crippen LogP contribution in [0.3, 0.4) is 0 Å². The van der Waals surface area contributed by atoms with Crippen LogP contribution in [0.1, 0.15) is 30.9 Å². The molecule has 0 aliphatic heterocycles. The highest BCUT2D eigenvalue weighted by Crippen LogP contribution is 2.27. The standard InChI is InChI=1S/C19H22O4/c1-13(2)15-10-8-14(9-11-15)12-18(19(20)21)23-17-7-5-4-6-16(17)22-3/h4-11,13,18H,12H2,1-3H3,(H,20,21)/t18-/m0/s1. The van der Waals surface area contributed by atoms with Crippen molar-refractivity contribution in [3.8, 4) is 11.5 Å². The third kappa shape index (κ3) is 4.49. The zero-order valence-corrected chi connectivity index (χ0v) is 13.7. The summed E-state index contributed by atoms with van der Waals surface area (Å²) in [5, 5.41) is 9.44. The van der Waals surface area contributed by atoms with E-state index in [0.717, 1.165) is 5.56 Å². The summed E-state index contributed by atoms with van der Waals surface area (Å²) in [6.07, 6.45) is -0.664. The maximum Gasteiger partial charge on any atom is 0.345 e. The minimum Gasteiger partial charge on any atom is -0.493 e. The Morgan fingerprint density at radius 2 is 1.65 bits per heavy atom. The first-order chi connectivity index (χ1) is 11.0. The number of benzene rings is 2. The Hall–Kier alpha value is -2.49. The van der Waals surface area contributed by atoms with E-state index >= 15 is 0 Å². The Labute approximate surface area is 136 Å². The van der Waals surface area contributed by atoms with Crippen LogP contribution < -0.4 is 9.47 Å². The van der Waals surface area contributed by atoms with Crippen LogP contribution in [0.2, 0.25) is 0 Å². The SMILES string of the molecule is COc1ccccc1O[C@@H](Cc1ccc(C(C)C)cc1)C(=O)O. The van der Waals surface area contributed by atoms with E-state index in [0.29, 0.717) is 23.8 Å². The largest absolute Gasteiger partial charge is 0.493 e. The molecular weight excluding hydrogens is 292 g/mol. The Morgan fingerprint density at radius 3 is 2.17 bits per heavy atom. The molecule has 0 aliphatic carbocycles. The molecule has 122 valence electrons. The molecule has 2 aromatic carbocycles. The van der Waals surface area contributed by atoms with Crippen molar-refractivity contribution < 1.29 is 19.4 Å². The van der Waals surface area contributed by atoms with Crippen molar-refractivity contribution in [2.75, 3.05) is 7.11 Å². The van der Waals surface area contributed by atoms with E-state index in [1.165, 1.54) is 12.7 Å². The molecule has 0 amide bonds. The van der Waals surface area contributed by atoms with Crippen molar-refractivity contribution in [3.63, 3.8) is 0 Å². The fraction of sp³-hybridized carbons (Fsp3) is 0.316. The number of ether oxygens (including phenoxy) is 2. The Bertz CT molecular complexity index is 647. The number of aliphatic carboxylic acids is 1. The van der Waals surface area contributed by atoms with Crippen LogP contribution in [-0.4, -0.2) is 24.3 Å². The Balaban J connectivity index is 2.14. The van der Waals surface area contributed by atoms with Gasteiger partial charge in [-0.05, 0) is 29.2 Å². The number of methoxy groups -OCH3 is 1. The summed E-state index contributed by atoms with van der Waals surface area (Å²) in [5.41, 5.74) is 2.16. The van der Waals surface area contributed by atoms with Gasteiger partial charge in [0.05, 0.1) is 7.11 Å². The van der Waals surface area contributed by atoms with Crippen molar-refractivity contribution in [3.05, 3.63) is 59.7 Å². The van der Waals surface area contributed by atoms with Crippen LogP contribution in [0.25, 0.3) is 0 Å². The van der Waals surface area contributed by atoms with E-state index in [1.54, 1.807) is 18.2 Å². The molecule has 0 saturated carbocycles.